The van der Waals surface area contributed by atoms with Crippen molar-refractivity contribution < 1.29 is 5.11 Å². The smallest absolute Gasteiger partial charge is 0.277 e. The van der Waals surface area contributed by atoms with Crippen LogP contribution in [0.1, 0.15) is 49.4 Å². The molecule has 0 aromatic carbocycles. The van der Waals surface area contributed by atoms with Gasteiger partial charge in [-0.1, -0.05) is 13.3 Å². The van der Waals surface area contributed by atoms with Gasteiger partial charge in [0.05, 0.1) is 5.56 Å². The van der Waals surface area contributed by atoms with Crippen LogP contribution in [0.3, 0.4) is 0 Å². The zero-order valence-corrected chi connectivity index (χ0v) is 12.6. The Bertz CT molecular complexity index is 800. The summed E-state index contributed by atoms with van der Waals surface area (Å²) in [5.74, 6) is -0.256. The summed E-state index contributed by atoms with van der Waals surface area (Å²) in [5.41, 5.74) is 1.33. The van der Waals surface area contributed by atoms with E-state index in [9.17, 15) is 14.7 Å². The van der Waals surface area contributed by atoms with E-state index in [-0.39, 0.29) is 23.0 Å². The summed E-state index contributed by atoms with van der Waals surface area (Å²) in [6.07, 6.45) is 5.78. The lowest BCUT2D eigenvalue weighted by molar-refractivity contribution is 0.439. The van der Waals surface area contributed by atoms with Gasteiger partial charge in [-0.05, 0) is 38.5 Å². The molecule has 22 heavy (non-hydrogen) atoms. The molecule has 0 saturated carbocycles. The second-order valence-electron chi connectivity index (χ2n) is 5.71. The van der Waals surface area contributed by atoms with Crippen LogP contribution in [-0.4, -0.2) is 24.9 Å². The Labute approximate surface area is 127 Å². The number of unbranched alkanes of at least 4 members (excludes halogenated alkanes) is 1. The van der Waals surface area contributed by atoms with Crippen LogP contribution >= 0.6 is 0 Å². The highest BCUT2D eigenvalue weighted by Crippen LogP contribution is 2.17. The molecule has 2 aromatic rings. The van der Waals surface area contributed by atoms with Crippen molar-refractivity contribution in [1.82, 2.24) is 19.7 Å². The maximum absolute atomic E-state index is 12.4. The summed E-state index contributed by atoms with van der Waals surface area (Å²) in [6.45, 7) is 2.01. The summed E-state index contributed by atoms with van der Waals surface area (Å²) >= 11 is 0. The molecule has 7 nitrogen and oxygen atoms in total. The lowest BCUT2D eigenvalue weighted by atomic mass is 9.98. The van der Waals surface area contributed by atoms with Crippen LogP contribution < -0.4 is 11.1 Å². The zero-order valence-electron chi connectivity index (χ0n) is 12.6. The monoisotopic (exact) mass is 304 g/mol. The van der Waals surface area contributed by atoms with E-state index in [4.69, 9.17) is 0 Å². The molecular formula is C15H20N4O3. The number of hydrogen-bond donors (Lipinski definition) is 3. The number of aryl methyl sites for hydroxylation is 1. The van der Waals surface area contributed by atoms with Gasteiger partial charge in [0.2, 0.25) is 11.8 Å². The number of H-pyrrole nitrogens is 2. The molecule has 0 bridgehead atoms. The molecule has 2 aromatic heterocycles. The quantitative estimate of drug-likeness (QED) is 0.789. The van der Waals surface area contributed by atoms with E-state index in [1.807, 2.05) is 6.92 Å². The van der Waals surface area contributed by atoms with Crippen LogP contribution in [0.15, 0.2) is 9.59 Å². The molecular weight excluding hydrogens is 284 g/mol. The van der Waals surface area contributed by atoms with Gasteiger partial charge in [0.15, 0.2) is 0 Å². The maximum Gasteiger partial charge on any atom is 0.277 e. The van der Waals surface area contributed by atoms with Gasteiger partial charge in [0, 0.05) is 11.3 Å². The molecule has 7 heteroatoms. The molecule has 1 aliphatic rings. The second kappa shape index (κ2) is 5.82. The highest BCUT2D eigenvalue weighted by Gasteiger charge is 2.20. The Kier molecular flexibility index (Phi) is 3.87. The SMILES string of the molecule is CCCCc1c(O)nc(-n2[nH]c3c(c2=O)CCCC3)[nH]c1=O. The summed E-state index contributed by atoms with van der Waals surface area (Å²) in [5, 5.41) is 13.0. The molecule has 0 amide bonds. The second-order valence-corrected chi connectivity index (χ2v) is 5.71. The topological polar surface area (TPSA) is 104 Å². The minimum atomic E-state index is -0.393. The van der Waals surface area contributed by atoms with Crippen molar-refractivity contribution in [2.24, 2.45) is 0 Å². The first-order valence-corrected chi connectivity index (χ1v) is 7.77. The molecule has 1 aliphatic carbocycles. The van der Waals surface area contributed by atoms with Gasteiger partial charge >= 0.3 is 0 Å². The molecule has 0 saturated heterocycles. The van der Waals surface area contributed by atoms with E-state index in [0.29, 0.717) is 6.42 Å². The summed E-state index contributed by atoms with van der Waals surface area (Å²) in [4.78, 5) is 31.1. The summed E-state index contributed by atoms with van der Waals surface area (Å²) < 4.78 is 1.22. The molecule has 0 spiro atoms. The fourth-order valence-electron chi connectivity index (χ4n) is 2.89. The molecule has 118 valence electrons. The highest BCUT2D eigenvalue weighted by molar-refractivity contribution is 5.29. The zero-order chi connectivity index (χ0) is 15.7. The standard InChI is InChI=1S/C15H20N4O3/c1-2-3-6-10-12(20)16-15(17-13(10)21)19-14(22)9-7-4-5-8-11(9)18-19/h18H,2-8H2,1H3,(H2,16,17,20,21). The summed E-state index contributed by atoms with van der Waals surface area (Å²) in [7, 11) is 0. The van der Waals surface area contributed by atoms with Crippen molar-refractivity contribution in [2.45, 2.75) is 51.9 Å². The van der Waals surface area contributed by atoms with Crippen molar-refractivity contribution in [3.63, 3.8) is 0 Å². The average molecular weight is 304 g/mol. The van der Waals surface area contributed by atoms with Crippen LogP contribution in [0, 0.1) is 0 Å². The Balaban J connectivity index is 2.05. The third-order valence-electron chi connectivity index (χ3n) is 4.15. The normalized spacial score (nSPS) is 14.0. The highest BCUT2D eigenvalue weighted by atomic mass is 16.3. The maximum atomic E-state index is 12.4. The van der Waals surface area contributed by atoms with Gasteiger partial charge in [-0.2, -0.15) is 9.67 Å². The number of hydrogen-bond acceptors (Lipinski definition) is 4. The van der Waals surface area contributed by atoms with Crippen molar-refractivity contribution >= 4 is 0 Å². The molecule has 0 aliphatic heterocycles. The Morgan fingerprint density at radius 1 is 1.27 bits per heavy atom. The van der Waals surface area contributed by atoms with Gasteiger partial charge in [-0.25, -0.2) is 0 Å². The number of aromatic amines is 2. The first kappa shape index (κ1) is 14.6. The Hall–Kier alpha value is -2.31. The van der Waals surface area contributed by atoms with Crippen LogP contribution in [-0.2, 0) is 19.3 Å². The number of aromatic hydroxyl groups is 1. The minimum absolute atomic E-state index is 0.0437. The van der Waals surface area contributed by atoms with E-state index in [1.165, 1.54) is 4.68 Å². The van der Waals surface area contributed by atoms with Gasteiger partial charge < -0.3 is 5.11 Å². The molecule has 2 heterocycles. The van der Waals surface area contributed by atoms with Crippen molar-refractivity contribution in [3.05, 3.63) is 37.5 Å². The number of nitrogens with one attached hydrogen (secondary N) is 2. The van der Waals surface area contributed by atoms with Crippen LogP contribution in [0.5, 0.6) is 5.88 Å². The minimum Gasteiger partial charge on any atom is -0.493 e. The molecule has 0 fully saturated rings. The number of fused-ring (bicyclic) bond motifs is 1. The average Bonchev–Trinajstić information content (AvgIpc) is 2.84. The molecule has 0 atom stereocenters. The number of rotatable bonds is 4. The largest absolute Gasteiger partial charge is 0.493 e. The molecule has 3 N–H and O–H groups in total. The van der Waals surface area contributed by atoms with Crippen molar-refractivity contribution in [2.75, 3.05) is 0 Å². The Morgan fingerprint density at radius 3 is 2.73 bits per heavy atom. The molecule has 0 radical (unpaired) electrons. The van der Waals surface area contributed by atoms with Gasteiger partial charge in [-0.15, -0.1) is 0 Å². The predicted octanol–water partition coefficient (Wildman–Crippen LogP) is 1.18. The van der Waals surface area contributed by atoms with Crippen LogP contribution in [0.4, 0.5) is 0 Å². The lowest BCUT2D eigenvalue weighted by Gasteiger charge is -2.07. The van der Waals surface area contributed by atoms with E-state index < -0.39 is 5.56 Å². The predicted molar refractivity (Wildman–Crippen MR) is 81.7 cm³/mol. The van der Waals surface area contributed by atoms with Crippen LogP contribution in [0.25, 0.3) is 5.95 Å². The summed E-state index contributed by atoms with van der Waals surface area (Å²) in [6, 6.07) is 0. The fraction of sp³-hybridized carbons (Fsp3) is 0.533. The Morgan fingerprint density at radius 2 is 2.05 bits per heavy atom. The fourth-order valence-corrected chi connectivity index (χ4v) is 2.89. The third-order valence-corrected chi connectivity index (χ3v) is 4.15. The van der Waals surface area contributed by atoms with Gasteiger partial charge in [0.1, 0.15) is 0 Å². The lowest BCUT2D eigenvalue weighted by Crippen LogP contribution is -2.24. The third kappa shape index (κ3) is 2.47. The van der Waals surface area contributed by atoms with E-state index in [1.54, 1.807) is 0 Å². The first-order chi connectivity index (χ1) is 10.6. The van der Waals surface area contributed by atoms with E-state index >= 15 is 0 Å². The van der Waals surface area contributed by atoms with Gasteiger partial charge in [-0.3, -0.25) is 19.7 Å². The number of aromatic nitrogens is 4. The first-order valence-electron chi connectivity index (χ1n) is 7.77. The van der Waals surface area contributed by atoms with E-state index in [0.717, 1.165) is 49.8 Å². The molecule has 3 rings (SSSR count). The van der Waals surface area contributed by atoms with Gasteiger partial charge in [0.25, 0.3) is 11.1 Å². The molecule has 0 unspecified atom stereocenters. The van der Waals surface area contributed by atoms with Crippen molar-refractivity contribution in [3.8, 4) is 11.8 Å². The van der Waals surface area contributed by atoms with E-state index in [2.05, 4.69) is 15.1 Å². The number of nitrogens with zero attached hydrogens (tertiary/aromatic N) is 2. The van der Waals surface area contributed by atoms with Crippen molar-refractivity contribution in [1.29, 1.82) is 0 Å². The van der Waals surface area contributed by atoms with Crippen LogP contribution in [0.2, 0.25) is 0 Å².